The van der Waals surface area contributed by atoms with Crippen molar-refractivity contribution in [3.05, 3.63) is 72.4 Å². The van der Waals surface area contributed by atoms with Crippen molar-refractivity contribution < 1.29 is 4.79 Å². The molecule has 2 aromatic carbocycles. The summed E-state index contributed by atoms with van der Waals surface area (Å²) in [5.41, 5.74) is 3.42. The first-order valence-electron chi connectivity index (χ1n) is 9.80. The number of amides is 1. The largest absolute Gasteiger partial charge is 0.345 e. The Morgan fingerprint density at radius 3 is 2.40 bits per heavy atom. The molecule has 0 fully saturated rings. The van der Waals surface area contributed by atoms with Gasteiger partial charge >= 0.3 is 0 Å². The fourth-order valence-electron chi connectivity index (χ4n) is 3.24. The van der Waals surface area contributed by atoms with Crippen molar-refractivity contribution in [1.29, 1.82) is 0 Å². The fourth-order valence-corrected chi connectivity index (χ4v) is 3.24. The second-order valence-corrected chi connectivity index (χ2v) is 6.77. The normalized spacial score (nSPS) is 10.7. The molecule has 2 N–H and O–H groups in total. The molecule has 0 unspecified atom stereocenters. The minimum absolute atomic E-state index is 0.0614. The van der Waals surface area contributed by atoms with Gasteiger partial charge < -0.3 is 10.6 Å². The molecule has 0 radical (unpaired) electrons. The molecule has 4 rings (SSSR count). The van der Waals surface area contributed by atoms with Gasteiger partial charge in [-0.1, -0.05) is 36.4 Å². The van der Waals surface area contributed by atoms with Crippen molar-refractivity contribution in [2.45, 2.75) is 20.4 Å². The van der Waals surface area contributed by atoms with Gasteiger partial charge in [-0.3, -0.25) is 14.0 Å². The Bertz CT molecular complexity index is 1130. The van der Waals surface area contributed by atoms with Gasteiger partial charge in [0.15, 0.2) is 5.82 Å². The number of aromatic nitrogens is 5. The molecule has 30 heavy (non-hydrogen) atoms. The van der Waals surface area contributed by atoms with Crippen LogP contribution in [0.5, 0.6) is 0 Å². The molecular formula is C22H23N7O. The zero-order valence-electron chi connectivity index (χ0n) is 16.9. The van der Waals surface area contributed by atoms with Gasteiger partial charge in [0.2, 0.25) is 11.9 Å². The minimum atomic E-state index is -0.167. The van der Waals surface area contributed by atoms with Gasteiger partial charge in [0.25, 0.3) is 0 Å². The minimum Gasteiger partial charge on any atom is -0.345 e. The molecule has 0 aliphatic rings. The van der Waals surface area contributed by atoms with Gasteiger partial charge in [0.05, 0.1) is 17.9 Å². The molecular weight excluding hydrogens is 378 g/mol. The smallest absolute Gasteiger partial charge is 0.243 e. The fraction of sp³-hybridized carbons (Fsp3) is 0.182. The van der Waals surface area contributed by atoms with E-state index < -0.39 is 0 Å². The molecule has 8 heteroatoms. The Kier molecular flexibility index (Phi) is 5.56. The summed E-state index contributed by atoms with van der Waals surface area (Å²) >= 11 is 0. The lowest BCUT2D eigenvalue weighted by molar-refractivity contribution is -0.114. The summed E-state index contributed by atoms with van der Waals surface area (Å²) in [6.45, 7) is 4.76. The van der Waals surface area contributed by atoms with Crippen molar-refractivity contribution in [3.63, 3.8) is 0 Å². The summed E-state index contributed by atoms with van der Waals surface area (Å²) in [6, 6.07) is 21.1. The van der Waals surface area contributed by atoms with E-state index in [9.17, 15) is 4.79 Å². The number of carbonyl (C=O) groups excluding carboxylic acids is 1. The molecule has 0 bridgehead atoms. The number of rotatable bonds is 7. The second-order valence-electron chi connectivity index (χ2n) is 6.77. The predicted molar refractivity (Wildman–Crippen MR) is 117 cm³/mol. The van der Waals surface area contributed by atoms with Crippen LogP contribution in [-0.2, 0) is 11.3 Å². The maximum Gasteiger partial charge on any atom is 0.243 e. The molecule has 0 saturated carbocycles. The second kappa shape index (κ2) is 8.60. The lowest BCUT2D eigenvalue weighted by atomic mass is 10.3. The van der Waals surface area contributed by atoms with Crippen molar-refractivity contribution in [2.24, 2.45) is 0 Å². The third-order valence-electron chi connectivity index (χ3n) is 4.57. The average molecular weight is 401 g/mol. The van der Waals surface area contributed by atoms with Gasteiger partial charge in [-0.05, 0) is 44.2 Å². The molecule has 152 valence electrons. The van der Waals surface area contributed by atoms with Gasteiger partial charge in [-0.25, -0.2) is 0 Å². The quantitative estimate of drug-likeness (QED) is 0.495. The van der Waals surface area contributed by atoms with Gasteiger partial charge in [0, 0.05) is 12.2 Å². The van der Waals surface area contributed by atoms with E-state index in [4.69, 9.17) is 0 Å². The van der Waals surface area contributed by atoms with E-state index in [1.54, 1.807) is 0 Å². The van der Waals surface area contributed by atoms with Crippen molar-refractivity contribution in [1.82, 2.24) is 24.5 Å². The summed E-state index contributed by atoms with van der Waals surface area (Å²) < 4.78 is 3.79. The van der Waals surface area contributed by atoms with Gasteiger partial charge in [0.1, 0.15) is 5.69 Å². The predicted octanol–water partition coefficient (Wildman–Crippen LogP) is 3.51. The maximum atomic E-state index is 12.4. The first kappa shape index (κ1) is 19.4. The maximum absolute atomic E-state index is 12.4. The third kappa shape index (κ3) is 4.07. The van der Waals surface area contributed by atoms with Crippen LogP contribution in [0.1, 0.15) is 12.6 Å². The van der Waals surface area contributed by atoms with Crippen LogP contribution in [0.15, 0.2) is 66.7 Å². The van der Waals surface area contributed by atoms with E-state index in [-0.39, 0.29) is 12.5 Å². The molecule has 4 aromatic rings. The van der Waals surface area contributed by atoms with Crippen LogP contribution in [-0.4, -0.2) is 37.0 Å². The van der Waals surface area contributed by atoms with E-state index in [0.29, 0.717) is 18.3 Å². The highest BCUT2D eigenvalue weighted by molar-refractivity contribution is 5.93. The Labute approximate surface area is 174 Å². The highest BCUT2D eigenvalue weighted by Gasteiger charge is 2.19. The lowest BCUT2D eigenvalue weighted by Gasteiger charge is -2.12. The SMILES string of the molecule is CCn1nc(C)cc1-c1nnc(NCC(=O)Nc2ccccc2)n1-c1ccccc1. The zero-order chi connectivity index (χ0) is 20.9. The van der Waals surface area contributed by atoms with Crippen LogP contribution in [0.4, 0.5) is 11.6 Å². The summed E-state index contributed by atoms with van der Waals surface area (Å²) in [4.78, 5) is 12.4. The molecule has 0 saturated heterocycles. The van der Waals surface area contributed by atoms with E-state index in [0.717, 1.165) is 22.8 Å². The summed E-state index contributed by atoms with van der Waals surface area (Å²) in [5, 5.41) is 19.2. The first-order valence-corrected chi connectivity index (χ1v) is 9.80. The number of carbonyl (C=O) groups is 1. The van der Waals surface area contributed by atoms with E-state index >= 15 is 0 Å². The zero-order valence-corrected chi connectivity index (χ0v) is 16.9. The lowest BCUT2D eigenvalue weighted by Crippen LogP contribution is -2.23. The monoisotopic (exact) mass is 401 g/mol. The van der Waals surface area contributed by atoms with Crippen molar-refractivity contribution in [2.75, 3.05) is 17.2 Å². The molecule has 0 aliphatic heterocycles. The van der Waals surface area contributed by atoms with Crippen molar-refractivity contribution >= 4 is 17.5 Å². The van der Waals surface area contributed by atoms with E-state index in [1.165, 1.54) is 0 Å². The number of benzene rings is 2. The number of nitrogens with zero attached hydrogens (tertiary/aromatic N) is 5. The van der Waals surface area contributed by atoms with Crippen LogP contribution >= 0.6 is 0 Å². The summed E-state index contributed by atoms with van der Waals surface area (Å²) in [7, 11) is 0. The van der Waals surface area contributed by atoms with Gasteiger partial charge in [-0.15, -0.1) is 10.2 Å². The Balaban J connectivity index is 1.63. The number of anilines is 2. The number of aryl methyl sites for hydroxylation is 2. The topological polar surface area (TPSA) is 89.7 Å². The molecule has 1 amide bonds. The third-order valence-corrected chi connectivity index (χ3v) is 4.57. The Morgan fingerprint density at radius 1 is 1.00 bits per heavy atom. The van der Waals surface area contributed by atoms with Crippen LogP contribution in [0.25, 0.3) is 17.2 Å². The number of para-hydroxylation sites is 2. The van der Waals surface area contributed by atoms with Crippen LogP contribution in [0.3, 0.4) is 0 Å². The van der Waals surface area contributed by atoms with Crippen molar-refractivity contribution in [3.8, 4) is 17.2 Å². The molecule has 2 heterocycles. The van der Waals surface area contributed by atoms with E-state index in [1.807, 2.05) is 89.8 Å². The highest BCUT2D eigenvalue weighted by Crippen LogP contribution is 2.26. The standard InChI is InChI=1S/C22H23N7O/c1-3-28-19(14-16(2)27-28)21-25-26-22(29(21)18-12-8-5-9-13-18)23-15-20(30)24-17-10-6-4-7-11-17/h4-14H,3,15H2,1-2H3,(H,23,26)(H,24,30). The van der Waals surface area contributed by atoms with Crippen LogP contribution in [0, 0.1) is 6.92 Å². The molecule has 2 aromatic heterocycles. The molecule has 0 aliphatic carbocycles. The molecule has 0 spiro atoms. The van der Waals surface area contributed by atoms with Gasteiger partial charge in [-0.2, -0.15) is 5.10 Å². The Morgan fingerprint density at radius 2 is 1.70 bits per heavy atom. The highest BCUT2D eigenvalue weighted by atomic mass is 16.1. The molecule has 8 nitrogen and oxygen atoms in total. The summed E-state index contributed by atoms with van der Waals surface area (Å²) in [6.07, 6.45) is 0. The molecule has 0 atom stereocenters. The average Bonchev–Trinajstić information content (AvgIpc) is 3.36. The number of hydrogen-bond donors (Lipinski definition) is 2. The van der Waals surface area contributed by atoms with E-state index in [2.05, 4.69) is 25.9 Å². The summed E-state index contributed by atoms with van der Waals surface area (Å²) in [5.74, 6) is 0.982. The van der Waals surface area contributed by atoms with Crippen LogP contribution < -0.4 is 10.6 Å². The Hall–Kier alpha value is -3.94. The number of hydrogen-bond acceptors (Lipinski definition) is 5. The first-order chi connectivity index (χ1) is 14.7. The number of nitrogens with one attached hydrogen (secondary N) is 2. The van der Waals surface area contributed by atoms with Crippen LogP contribution in [0.2, 0.25) is 0 Å².